The van der Waals surface area contributed by atoms with E-state index >= 15 is 0 Å². The van der Waals surface area contributed by atoms with Crippen LogP contribution in [0.4, 0.5) is 11.8 Å². The maximum Gasteiger partial charge on any atom is 0.227 e. The first-order chi connectivity index (χ1) is 12.2. The second-order valence-electron chi connectivity index (χ2n) is 6.85. The molecule has 1 aliphatic rings. The highest BCUT2D eigenvalue weighted by atomic mass is 16.5. The molecule has 134 valence electrons. The van der Waals surface area contributed by atoms with E-state index in [9.17, 15) is 0 Å². The number of nitrogens with one attached hydrogen (secondary N) is 1. The minimum atomic E-state index is 0.805. The van der Waals surface area contributed by atoms with Crippen molar-refractivity contribution in [2.24, 2.45) is 5.92 Å². The molecule has 0 amide bonds. The Balaban J connectivity index is 1.62. The van der Waals surface area contributed by atoms with Crippen LogP contribution in [0.15, 0.2) is 30.3 Å². The van der Waals surface area contributed by atoms with Gasteiger partial charge in [-0.2, -0.15) is 4.98 Å². The summed E-state index contributed by atoms with van der Waals surface area (Å²) in [5, 5.41) is 3.44. The largest absolute Gasteiger partial charge is 0.496 e. The predicted molar refractivity (Wildman–Crippen MR) is 103 cm³/mol. The quantitative estimate of drug-likeness (QED) is 0.869. The summed E-state index contributed by atoms with van der Waals surface area (Å²) in [4.78, 5) is 11.7. The summed E-state index contributed by atoms with van der Waals surface area (Å²) in [5.74, 6) is 3.49. The maximum absolute atomic E-state index is 5.41. The fourth-order valence-corrected chi connectivity index (χ4v) is 3.23. The molecule has 1 saturated heterocycles. The molecule has 0 radical (unpaired) electrons. The first-order valence-electron chi connectivity index (χ1n) is 9.12. The van der Waals surface area contributed by atoms with Crippen molar-refractivity contribution in [1.29, 1.82) is 0 Å². The topological polar surface area (TPSA) is 50.3 Å². The summed E-state index contributed by atoms with van der Waals surface area (Å²) in [6, 6.07) is 10.2. The Bertz CT molecular complexity index is 696. The zero-order valence-corrected chi connectivity index (χ0v) is 15.5. The first-order valence-corrected chi connectivity index (χ1v) is 9.12. The Kier molecular flexibility index (Phi) is 5.74. The van der Waals surface area contributed by atoms with Gasteiger partial charge in [-0.25, -0.2) is 4.98 Å². The zero-order valence-electron chi connectivity index (χ0n) is 15.5. The SMILES string of the molecule is COc1ccccc1CCNc1cc(C)nc(N2CCC(C)CC2)n1. The van der Waals surface area contributed by atoms with Crippen LogP contribution >= 0.6 is 0 Å². The molecule has 0 bridgehead atoms. The number of aryl methyl sites for hydroxylation is 1. The molecular weight excluding hydrogens is 312 g/mol. The van der Waals surface area contributed by atoms with Gasteiger partial charge >= 0.3 is 0 Å². The summed E-state index contributed by atoms with van der Waals surface area (Å²) in [6.45, 7) is 7.26. The van der Waals surface area contributed by atoms with Gasteiger partial charge in [-0.1, -0.05) is 25.1 Å². The minimum Gasteiger partial charge on any atom is -0.496 e. The van der Waals surface area contributed by atoms with Gasteiger partial charge in [0.15, 0.2) is 0 Å². The molecule has 5 nitrogen and oxygen atoms in total. The van der Waals surface area contributed by atoms with Crippen LogP contribution in [-0.4, -0.2) is 36.7 Å². The van der Waals surface area contributed by atoms with E-state index < -0.39 is 0 Å². The van der Waals surface area contributed by atoms with Gasteiger partial charge in [-0.15, -0.1) is 0 Å². The second kappa shape index (κ2) is 8.19. The summed E-state index contributed by atoms with van der Waals surface area (Å²) >= 11 is 0. The average Bonchev–Trinajstić information content (AvgIpc) is 2.62. The number of nitrogens with zero attached hydrogens (tertiary/aromatic N) is 3. The van der Waals surface area contributed by atoms with Crippen molar-refractivity contribution in [3.05, 3.63) is 41.6 Å². The normalized spacial score (nSPS) is 15.2. The molecule has 2 heterocycles. The third kappa shape index (κ3) is 4.62. The second-order valence-corrected chi connectivity index (χ2v) is 6.85. The number of para-hydroxylation sites is 1. The van der Waals surface area contributed by atoms with E-state index in [0.717, 1.165) is 55.2 Å². The number of hydrogen-bond donors (Lipinski definition) is 1. The van der Waals surface area contributed by atoms with E-state index in [0.29, 0.717) is 0 Å². The summed E-state index contributed by atoms with van der Waals surface area (Å²) in [7, 11) is 1.71. The number of benzene rings is 1. The standard InChI is InChI=1S/C20H28N4O/c1-15-9-12-24(13-10-15)20-22-16(2)14-19(23-20)21-11-8-17-6-4-5-7-18(17)25-3/h4-7,14-15H,8-13H2,1-3H3,(H,21,22,23). The number of methoxy groups -OCH3 is 1. The number of piperidine rings is 1. The smallest absolute Gasteiger partial charge is 0.227 e. The maximum atomic E-state index is 5.41. The Hall–Kier alpha value is -2.30. The van der Waals surface area contributed by atoms with Gasteiger partial charge < -0.3 is 15.0 Å². The zero-order chi connectivity index (χ0) is 17.6. The van der Waals surface area contributed by atoms with Crippen molar-refractivity contribution < 1.29 is 4.74 Å². The monoisotopic (exact) mass is 340 g/mol. The number of aromatic nitrogens is 2. The molecule has 1 aromatic carbocycles. The van der Waals surface area contributed by atoms with Crippen molar-refractivity contribution in [1.82, 2.24) is 9.97 Å². The van der Waals surface area contributed by atoms with Crippen LogP contribution in [-0.2, 0) is 6.42 Å². The molecular formula is C20H28N4O. The lowest BCUT2D eigenvalue weighted by Gasteiger charge is -2.30. The molecule has 0 atom stereocenters. The molecule has 2 aromatic rings. The molecule has 5 heteroatoms. The van der Waals surface area contributed by atoms with Gasteiger partial charge in [0.2, 0.25) is 5.95 Å². The van der Waals surface area contributed by atoms with Gasteiger partial charge in [0.1, 0.15) is 11.6 Å². The van der Waals surface area contributed by atoms with Crippen molar-refractivity contribution in [3.8, 4) is 5.75 Å². The van der Waals surface area contributed by atoms with E-state index in [1.165, 1.54) is 18.4 Å². The van der Waals surface area contributed by atoms with Gasteiger partial charge in [0, 0.05) is 31.4 Å². The molecule has 1 aromatic heterocycles. The Morgan fingerprint density at radius 3 is 2.72 bits per heavy atom. The lowest BCUT2D eigenvalue weighted by molar-refractivity contribution is 0.410. The van der Waals surface area contributed by atoms with E-state index in [4.69, 9.17) is 9.72 Å². The highest BCUT2D eigenvalue weighted by Crippen LogP contribution is 2.22. The van der Waals surface area contributed by atoms with Gasteiger partial charge in [-0.05, 0) is 43.7 Å². The lowest BCUT2D eigenvalue weighted by Crippen LogP contribution is -2.34. The minimum absolute atomic E-state index is 0.805. The molecule has 25 heavy (non-hydrogen) atoms. The van der Waals surface area contributed by atoms with Gasteiger partial charge in [0.05, 0.1) is 7.11 Å². The highest BCUT2D eigenvalue weighted by molar-refractivity contribution is 5.44. The third-order valence-electron chi connectivity index (χ3n) is 4.80. The van der Waals surface area contributed by atoms with Crippen molar-refractivity contribution >= 4 is 11.8 Å². The molecule has 0 unspecified atom stereocenters. The highest BCUT2D eigenvalue weighted by Gasteiger charge is 2.18. The van der Waals surface area contributed by atoms with E-state index in [1.54, 1.807) is 7.11 Å². The van der Waals surface area contributed by atoms with Crippen molar-refractivity contribution in [2.75, 3.05) is 37.0 Å². The molecule has 0 aliphatic carbocycles. The van der Waals surface area contributed by atoms with Crippen LogP contribution in [0.25, 0.3) is 0 Å². The lowest BCUT2D eigenvalue weighted by atomic mass is 10.00. The molecule has 0 saturated carbocycles. The number of rotatable bonds is 6. The van der Waals surface area contributed by atoms with Crippen LogP contribution in [0.3, 0.4) is 0 Å². The predicted octanol–water partition coefficient (Wildman–Crippen LogP) is 3.68. The van der Waals surface area contributed by atoms with Crippen LogP contribution in [0.1, 0.15) is 31.0 Å². The Morgan fingerprint density at radius 1 is 1.20 bits per heavy atom. The van der Waals surface area contributed by atoms with Gasteiger partial charge in [-0.3, -0.25) is 0 Å². The van der Waals surface area contributed by atoms with E-state index in [2.05, 4.69) is 28.2 Å². The van der Waals surface area contributed by atoms with Gasteiger partial charge in [0.25, 0.3) is 0 Å². The summed E-state index contributed by atoms with van der Waals surface area (Å²) in [5.41, 5.74) is 2.21. The molecule has 3 rings (SSSR count). The Morgan fingerprint density at radius 2 is 1.96 bits per heavy atom. The number of hydrogen-bond acceptors (Lipinski definition) is 5. The number of ether oxygens (including phenoxy) is 1. The van der Waals surface area contributed by atoms with Crippen molar-refractivity contribution in [3.63, 3.8) is 0 Å². The molecule has 0 spiro atoms. The molecule has 1 fully saturated rings. The van der Waals surface area contributed by atoms with Crippen LogP contribution in [0, 0.1) is 12.8 Å². The van der Waals surface area contributed by atoms with E-state index in [1.807, 2.05) is 31.2 Å². The van der Waals surface area contributed by atoms with Crippen LogP contribution < -0.4 is 15.0 Å². The average molecular weight is 340 g/mol. The first kappa shape index (κ1) is 17.5. The van der Waals surface area contributed by atoms with E-state index in [-0.39, 0.29) is 0 Å². The molecule has 1 aliphatic heterocycles. The van der Waals surface area contributed by atoms with Crippen LogP contribution in [0.5, 0.6) is 5.75 Å². The molecule has 1 N–H and O–H groups in total. The Labute approximate surface area is 150 Å². The fraction of sp³-hybridized carbons (Fsp3) is 0.500. The third-order valence-corrected chi connectivity index (χ3v) is 4.80. The summed E-state index contributed by atoms with van der Waals surface area (Å²) in [6.07, 6.45) is 3.32. The number of anilines is 2. The summed E-state index contributed by atoms with van der Waals surface area (Å²) < 4.78 is 5.41. The van der Waals surface area contributed by atoms with Crippen molar-refractivity contribution in [2.45, 2.75) is 33.1 Å². The van der Waals surface area contributed by atoms with Crippen LogP contribution in [0.2, 0.25) is 0 Å². The fourth-order valence-electron chi connectivity index (χ4n) is 3.23.